The van der Waals surface area contributed by atoms with Crippen molar-refractivity contribution >= 4 is 0 Å². The Morgan fingerprint density at radius 3 is 2.72 bits per heavy atom. The van der Waals surface area contributed by atoms with Crippen molar-refractivity contribution in [3.05, 3.63) is 29.6 Å². The highest BCUT2D eigenvalue weighted by Gasteiger charge is 2.24. The van der Waals surface area contributed by atoms with E-state index >= 15 is 0 Å². The maximum absolute atomic E-state index is 9.47. The second-order valence-electron chi connectivity index (χ2n) is 4.59. The van der Waals surface area contributed by atoms with Gasteiger partial charge in [0, 0.05) is 36.9 Å². The first-order chi connectivity index (χ1) is 8.71. The second kappa shape index (κ2) is 7.10. The first-order valence-corrected chi connectivity index (χ1v) is 6.37. The molecule has 0 aromatic carbocycles. The highest BCUT2D eigenvalue weighted by Crippen LogP contribution is 2.24. The average molecular weight is 247 g/mol. The van der Waals surface area contributed by atoms with Crippen molar-refractivity contribution in [2.24, 2.45) is 5.41 Å². The highest BCUT2D eigenvalue weighted by molar-refractivity contribution is 5.30. The molecular formula is C14H21N3O. The number of hydrogen-bond acceptors (Lipinski definition) is 4. The summed E-state index contributed by atoms with van der Waals surface area (Å²) in [6.45, 7) is 5.72. The summed E-state index contributed by atoms with van der Waals surface area (Å²) in [4.78, 5) is 4.02. The molecule has 0 aliphatic rings. The maximum atomic E-state index is 9.47. The van der Waals surface area contributed by atoms with Crippen LogP contribution in [0.3, 0.4) is 0 Å². The first kappa shape index (κ1) is 14.6. The molecule has 98 valence electrons. The van der Waals surface area contributed by atoms with Crippen molar-refractivity contribution in [2.45, 2.75) is 33.2 Å². The molecule has 1 aromatic rings. The minimum absolute atomic E-state index is 0.0605. The van der Waals surface area contributed by atoms with Gasteiger partial charge in [-0.3, -0.25) is 0 Å². The molecule has 0 amide bonds. The lowest BCUT2D eigenvalue weighted by atomic mass is 9.83. The molecule has 4 heteroatoms. The van der Waals surface area contributed by atoms with E-state index in [2.05, 4.69) is 30.2 Å². The lowest BCUT2D eigenvalue weighted by Gasteiger charge is -2.29. The summed E-state index contributed by atoms with van der Waals surface area (Å²) in [5.41, 5.74) is 1.31. The molecule has 0 unspecified atom stereocenters. The van der Waals surface area contributed by atoms with Gasteiger partial charge in [-0.05, 0) is 18.9 Å². The molecule has 0 bridgehead atoms. The van der Waals surface area contributed by atoms with Crippen LogP contribution in [0, 0.1) is 16.7 Å². The number of nitriles is 1. The van der Waals surface area contributed by atoms with Gasteiger partial charge in [-0.15, -0.1) is 0 Å². The van der Waals surface area contributed by atoms with Crippen LogP contribution in [0.1, 0.15) is 37.9 Å². The fourth-order valence-electron chi connectivity index (χ4n) is 1.92. The summed E-state index contributed by atoms with van der Waals surface area (Å²) < 4.78 is 0. The van der Waals surface area contributed by atoms with Gasteiger partial charge in [0.15, 0.2) is 0 Å². The van der Waals surface area contributed by atoms with E-state index in [1.54, 1.807) is 6.20 Å². The Labute approximate surface area is 109 Å². The zero-order valence-electron chi connectivity index (χ0n) is 11.1. The third-order valence-corrected chi connectivity index (χ3v) is 3.65. The Bertz CT molecular complexity index is 399. The van der Waals surface area contributed by atoms with Crippen LogP contribution >= 0.6 is 0 Å². The number of hydrogen-bond donors (Lipinski definition) is 2. The van der Waals surface area contributed by atoms with Crippen LogP contribution < -0.4 is 5.32 Å². The molecule has 0 atom stereocenters. The Hall–Kier alpha value is -1.44. The fourth-order valence-corrected chi connectivity index (χ4v) is 1.92. The minimum Gasteiger partial charge on any atom is -0.396 e. The van der Waals surface area contributed by atoms with Crippen LogP contribution in [0.2, 0.25) is 0 Å². The van der Waals surface area contributed by atoms with Crippen LogP contribution in [0.4, 0.5) is 0 Å². The topological polar surface area (TPSA) is 68.9 Å². The van der Waals surface area contributed by atoms with Crippen molar-refractivity contribution in [1.82, 2.24) is 10.3 Å². The molecule has 0 saturated carbocycles. The summed E-state index contributed by atoms with van der Waals surface area (Å²) in [6.07, 6.45) is 3.49. The van der Waals surface area contributed by atoms with Gasteiger partial charge in [0.05, 0.1) is 0 Å². The number of aliphatic hydroxyl groups is 1. The molecule has 0 spiro atoms. The summed E-state index contributed by atoms with van der Waals surface area (Å²) in [5.74, 6) is 0. The van der Waals surface area contributed by atoms with Gasteiger partial charge in [-0.2, -0.15) is 5.26 Å². The second-order valence-corrected chi connectivity index (χ2v) is 4.59. The number of aliphatic hydroxyl groups excluding tert-OH is 1. The predicted octanol–water partition coefficient (Wildman–Crippen LogP) is 1.84. The van der Waals surface area contributed by atoms with Crippen LogP contribution in [-0.2, 0) is 6.54 Å². The van der Waals surface area contributed by atoms with E-state index in [1.807, 2.05) is 12.1 Å². The normalized spacial score (nSPS) is 11.2. The van der Waals surface area contributed by atoms with Gasteiger partial charge in [0.2, 0.25) is 0 Å². The molecular weight excluding hydrogens is 226 g/mol. The molecule has 1 rings (SSSR count). The Morgan fingerprint density at radius 1 is 1.44 bits per heavy atom. The van der Waals surface area contributed by atoms with Gasteiger partial charge in [-0.25, -0.2) is 4.98 Å². The number of rotatable bonds is 7. The van der Waals surface area contributed by atoms with Gasteiger partial charge in [0.25, 0.3) is 0 Å². The quantitative estimate of drug-likeness (QED) is 0.771. The highest BCUT2D eigenvalue weighted by atomic mass is 16.3. The molecule has 1 aromatic heterocycles. The molecule has 0 aliphatic carbocycles. The molecule has 18 heavy (non-hydrogen) atoms. The van der Waals surface area contributed by atoms with Crippen LogP contribution in [-0.4, -0.2) is 23.2 Å². The molecule has 0 saturated heterocycles. The molecule has 0 radical (unpaired) electrons. The van der Waals surface area contributed by atoms with E-state index in [4.69, 9.17) is 5.26 Å². The van der Waals surface area contributed by atoms with Crippen LogP contribution in [0.25, 0.3) is 0 Å². The number of nitrogens with one attached hydrogen (secondary N) is 1. The maximum Gasteiger partial charge on any atom is 0.144 e. The van der Waals surface area contributed by atoms with Gasteiger partial charge < -0.3 is 10.4 Å². The van der Waals surface area contributed by atoms with Crippen molar-refractivity contribution < 1.29 is 5.11 Å². The van der Waals surface area contributed by atoms with Crippen molar-refractivity contribution in [3.63, 3.8) is 0 Å². The lowest BCUT2D eigenvalue weighted by molar-refractivity contribution is 0.113. The first-order valence-electron chi connectivity index (χ1n) is 6.37. The lowest BCUT2D eigenvalue weighted by Crippen LogP contribution is -2.36. The van der Waals surface area contributed by atoms with Crippen molar-refractivity contribution in [2.75, 3.05) is 13.2 Å². The van der Waals surface area contributed by atoms with E-state index in [0.29, 0.717) is 12.2 Å². The van der Waals surface area contributed by atoms with Crippen LogP contribution in [0.15, 0.2) is 18.3 Å². The predicted molar refractivity (Wildman–Crippen MR) is 70.8 cm³/mol. The Morgan fingerprint density at radius 2 is 2.17 bits per heavy atom. The molecule has 1 heterocycles. The third kappa shape index (κ3) is 3.52. The monoisotopic (exact) mass is 247 g/mol. The van der Waals surface area contributed by atoms with Gasteiger partial charge >= 0.3 is 0 Å². The van der Waals surface area contributed by atoms with E-state index in [-0.39, 0.29) is 12.0 Å². The van der Waals surface area contributed by atoms with Gasteiger partial charge in [-0.1, -0.05) is 19.9 Å². The average Bonchev–Trinajstić information content (AvgIpc) is 2.44. The number of aromatic nitrogens is 1. The van der Waals surface area contributed by atoms with Crippen molar-refractivity contribution in [1.29, 1.82) is 5.26 Å². The summed E-state index contributed by atoms with van der Waals surface area (Å²) in [7, 11) is 0. The number of pyridine rings is 1. The van der Waals surface area contributed by atoms with Crippen molar-refractivity contribution in [3.8, 4) is 6.07 Å². The minimum atomic E-state index is -0.0605. The molecule has 2 N–H and O–H groups in total. The zero-order valence-corrected chi connectivity index (χ0v) is 11.1. The SMILES string of the molecule is CCC(CC)(CO)CNCc1cccnc1C#N. The standard InChI is InChI=1S/C14H21N3O/c1-3-14(4-2,11-18)10-16-9-12-6-5-7-17-13(12)8-15/h5-7,16,18H,3-4,9-11H2,1-2H3. The fraction of sp³-hybridized carbons (Fsp3) is 0.571. The van der Waals surface area contributed by atoms with E-state index in [9.17, 15) is 5.11 Å². The number of nitrogens with zero attached hydrogens (tertiary/aromatic N) is 2. The van der Waals surface area contributed by atoms with E-state index in [0.717, 1.165) is 24.9 Å². The Kier molecular flexibility index (Phi) is 5.76. The van der Waals surface area contributed by atoms with E-state index in [1.165, 1.54) is 0 Å². The summed E-state index contributed by atoms with van der Waals surface area (Å²) >= 11 is 0. The van der Waals surface area contributed by atoms with Crippen LogP contribution in [0.5, 0.6) is 0 Å². The molecule has 0 fully saturated rings. The zero-order chi connectivity index (χ0) is 13.4. The largest absolute Gasteiger partial charge is 0.396 e. The summed E-state index contributed by atoms with van der Waals surface area (Å²) in [6, 6.07) is 5.81. The Balaban J connectivity index is 2.58. The third-order valence-electron chi connectivity index (χ3n) is 3.65. The smallest absolute Gasteiger partial charge is 0.144 e. The summed E-state index contributed by atoms with van der Waals surface area (Å²) in [5, 5.41) is 21.7. The molecule has 0 aliphatic heterocycles. The van der Waals surface area contributed by atoms with Gasteiger partial charge in [0.1, 0.15) is 11.8 Å². The van der Waals surface area contributed by atoms with E-state index < -0.39 is 0 Å². The molecule has 4 nitrogen and oxygen atoms in total.